The van der Waals surface area contributed by atoms with Crippen molar-refractivity contribution in [1.82, 2.24) is 15.5 Å². The lowest BCUT2D eigenvalue weighted by molar-refractivity contribution is -0.119. The molecular formula is C18H23N3O2S. The number of carbonyl (C=O) groups excluding carboxylic acids is 2. The van der Waals surface area contributed by atoms with Crippen molar-refractivity contribution in [2.75, 3.05) is 20.6 Å². The lowest BCUT2D eigenvalue weighted by Gasteiger charge is -2.23. The molecule has 2 N–H and O–H groups in total. The van der Waals surface area contributed by atoms with Gasteiger partial charge in [-0.3, -0.25) is 9.59 Å². The first-order valence-corrected chi connectivity index (χ1v) is 8.66. The summed E-state index contributed by atoms with van der Waals surface area (Å²) in [7, 11) is 4.01. The van der Waals surface area contributed by atoms with Gasteiger partial charge >= 0.3 is 0 Å². The second-order valence-electron chi connectivity index (χ2n) is 5.81. The maximum Gasteiger partial charge on any atom is 0.251 e. The molecule has 128 valence electrons. The molecule has 0 fully saturated rings. The molecule has 0 aliphatic carbocycles. The Balaban J connectivity index is 1.93. The van der Waals surface area contributed by atoms with Gasteiger partial charge in [-0.25, -0.2) is 0 Å². The molecule has 5 nitrogen and oxygen atoms in total. The highest BCUT2D eigenvalue weighted by atomic mass is 32.1. The molecule has 0 saturated carbocycles. The predicted octanol–water partition coefficient (Wildman–Crippen LogP) is 2.42. The fourth-order valence-corrected chi connectivity index (χ4v) is 3.23. The van der Waals surface area contributed by atoms with Crippen LogP contribution in [0.4, 0.5) is 0 Å². The number of nitrogens with one attached hydrogen (secondary N) is 2. The summed E-state index contributed by atoms with van der Waals surface area (Å²) in [6, 6.07) is 11.5. The highest BCUT2D eigenvalue weighted by Crippen LogP contribution is 2.22. The standard InChI is InChI=1S/C18H23N3O2S/c1-13(22)19-11-14-6-8-15(9-7-14)18(23)20-12-16(21(2)3)17-5-4-10-24-17/h4-10,16H,11-12H2,1-3H3,(H,19,22)(H,20,23). The number of amides is 2. The van der Waals surface area contributed by atoms with Crippen LogP contribution in [0.25, 0.3) is 0 Å². The first-order valence-electron chi connectivity index (χ1n) is 7.78. The molecule has 0 saturated heterocycles. The van der Waals surface area contributed by atoms with Crippen molar-refractivity contribution in [2.45, 2.75) is 19.5 Å². The van der Waals surface area contributed by atoms with E-state index in [2.05, 4.69) is 21.6 Å². The summed E-state index contributed by atoms with van der Waals surface area (Å²) in [4.78, 5) is 26.6. The van der Waals surface area contributed by atoms with E-state index < -0.39 is 0 Å². The van der Waals surface area contributed by atoms with E-state index >= 15 is 0 Å². The Labute approximate surface area is 146 Å². The number of carbonyl (C=O) groups is 2. The van der Waals surface area contributed by atoms with Crippen molar-refractivity contribution >= 4 is 23.2 Å². The van der Waals surface area contributed by atoms with Crippen LogP contribution in [-0.4, -0.2) is 37.4 Å². The van der Waals surface area contributed by atoms with Crippen molar-refractivity contribution in [3.8, 4) is 0 Å². The fourth-order valence-electron chi connectivity index (χ4n) is 2.31. The lowest BCUT2D eigenvalue weighted by Crippen LogP contribution is -2.34. The third-order valence-electron chi connectivity index (χ3n) is 3.71. The molecule has 0 aliphatic heterocycles. The van der Waals surface area contributed by atoms with E-state index in [0.717, 1.165) is 5.56 Å². The molecule has 2 rings (SSSR count). The van der Waals surface area contributed by atoms with E-state index in [1.807, 2.05) is 37.7 Å². The van der Waals surface area contributed by atoms with Crippen LogP contribution in [-0.2, 0) is 11.3 Å². The number of thiophene rings is 1. The van der Waals surface area contributed by atoms with Crippen LogP contribution >= 0.6 is 11.3 Å². The molecule has 1 unspecified atom stereocenters. The smallest absolute Gasteiger partial charge is 0.251 e. The van der Waals surface area contributed by atoms with E-state index in [1.54, 1.807) is 23.5 Å². The van der Waals surface area contributed by atoms with Gasteiger partial charge in [0.2, 0.25) is 5.91 Å². The van der Waals surface area contributed by atoms with E-state index in [9.17, 15) is 9.59 Å². The highest BCUT2D eigenvalue weighted by molar-refractivity contribution is 7.10. The van der Waals surface area contributed by atoms with E-state index in [4.69, 9.17) is 0 Å². The lowest BCUT2D eigenvalue weighted by atomic mass is 10.1. The molecular weight excluding hydrogens is 322 g/mol. The number of hydrogen-bond acceptors (Lipinski definition) is 4. The molecule has 2 aromatic rings. The van der Waals surface area contributed by atoms with Crippen LogP contribution < -0.4 is 10.6 Å². The molecule has 1 aromatic carbocycles. The van der Waals surface area contributed by atoms with Crippen LogP contribution in [0, 0.1) is 0 Å². The minimum Gasteiger partial charge on any atom is -0.352 e. The van der Waals surface area contributed by atoms with Gasteiger partial charge in [-0.2, -0.15) is 0 Å². The molecule has 0 bridgehead atoms. The second-order valence-corrected chi connectivity index (χ2v) is 6.79. The molecule has 0 aliphatic rings. The quantitative estimate of drug-likeness (QED) is 0.810. The Morgan fingerprint density at radius 3 is 2.38 bits per heavy atom. The van der Waals surface area contributed by atoms with Gasteiger partial charge in [-0.05, 0) is 43.2 Å². The molecule has 1 aromatic heterocycles. The number of benzene rings is 1. The van der Waals surface area contributed by atoms with E-state index in [0.29, 0.717) is 18.7 Å². The van der Waals surface area contributed by atoms with Gasteiger partial charge in [-0.15, -0.1) is 11.3 Å². The van der Waals surface area contributed by atoms with E-state index in [-0.39, 0.29) is 17.9 Å². The van der Waals surface area contributed by atoms with Gasteiger partial charge in [0, 0.05) is 30.5 Å². The summed E-state index contributed by atoms with van der Waals surface area (Å²) < 4.78 is 0. The zero-order valence-corrected chi connectivity index (χ0v) is 15.0. The summed E-state index contributed by atoms with van der Waals surface area (Å²) in [5.74, 6) is -0.162. The molecule has 2 amide bonds. The average Bonchev–Trinajstić information content (AvgIpc) is 3.07. The van der Waals surface area contributed by atoms with Crippen molar-refractivity contribution in [2.24, 2.45) is 0 Å². The Morgan fingerprint density at radius 2 is 1.83 bits per heavy atom. The summed E-state index contributed by atoms with van der Waals surface area (Å²) in [5, 5.41) is 7.77. The molecule has 0 spiro atoms. The van der Waals surface area contributed by atoms with Crippen LogP contribution in [0.3, 0.4) is 0 Å². The predicted molar refractivity (Wildman–Crippen MR) is 97.0 cm³/mol. The number of likely N-dealkylation sites (N-methyl/N-ethyl adjacent to an activating group) is 1. The third kappa shape index (κ3) is 5.18. The monoisotopic (exact) mass is 345 g/mol. The SMILES string of the molecule is CC(=O)NCc1ccc(C(=O)NCC(c2cccs2)N(C)C)cc1. The normalized spacial score (nSPS) is 12.0. The third-order valence-corrected chi connectivity index (χ3v) is 4.68. The topological polar surface area (TPSA) is 61.4 Å². The maximum atomic E-state index is 12.3. The molecule has 1 atom stereocenters. The zero-order valence-electron chi connectivity index (χ0n) is 14.2. The summed E-state index contributed by atoms with van der Waals surface area (Å²) in [5.41, 5.74) is 1.58. The molecule has 0 radical (unpaired) electrons. The molecule has 1 heterocycles. The highest BCUT2D eigenvalue weighted by Gasteiger charge is 2.16. The minimum atomic E-state index is -0.0931. The zero-order chi connectivity index (χ0) is 17.5. The van der Waals surface area contributed by atoms with Crippen molar-refractivity contribution in [3.63, 3.8) is 0 Å². The summed E-state index contributed by atoms with van der Waals surface area (Å²) in [6.07, 6.45) is 0. The Hall–Kier alpha value is -2.18. The first-order chi connectivity index (χ1) is 11.5. The summed E-state index contributed by atoms with van der Waals surface area (Å²) in [6.45, 7) is 2.51. The van der Waals surface area contributed by atoms with Gasteiger partial charge in [0.1, 0.15) is 0 Å². The van der Waals surface area contributed by atoms with Gasteiger partial charge in [-0.1, -0.05) is 18.2 Å². The Kier molecular flexibility index (Phi) is 6.52. The van der Waals surface area contributed by atoms with E-state index in [1.165, 1.54) is 11.8 Å². The van der Waals surface area contributed by atoms with Crippen LogP contribution in [0.5, 0.6) is 0 Å². The van der Waals surface area contributed by atoms with Crippen LogP contribution in [0.1, 0.15) is 33.8 Å². The Bertz CT molecular complexity index is 666. The molecule has 24 heavy (non-hydrogen) atoms. The largest absolute Gasteiger partial charge is 0.352 e. The number of hydrogen-bond donors (Lipinski definition) is 2. The van der Waals surface area contributed by atoms with Crippen molar-refractivity contribution in [3.05, 3.63) is 57.8 Å². The van der Waals surface area contributed by atoms with Gasteiger partial charge in [0.15, 0.2) is 0 Å². The first kappa shape index (κ1) is 18.2. The number of rotatable bonds is 7. The molecule has 6 heteroatoms. The van der Waals surface area contributed by atoms with Gasteiger partial charge < -0.3 is 15.5 Å². The average molecular weight is 345 g/mol. The van der Waals surface area contributed by atoms with Crippen molar-refractivity contribution < 1.29 is 9.59 Å². The minimum absolute atomic E-state index is 0.0693. The Morgan fingerprint density at radius 1 is 1.12 bits per heavy atom. The number of nitrogens with zero attached hydrogens (tertiary/aromatic N) is 1. The van der Waals surface area contributed by atoms with Crippen molar-refractivity contribution in [1.29, 1.82) is 0 Å². The van der Waals surface area contributed by atoms with Gasteiger partial charge in [0.05, 0.1) is 6.04 Å². The van der Waals surface area contributed by atoms with Gasteiger partial charge in [0.25, 0.3) is 5.91 Å². The maximum absolute atomic E-state index is 12.3. The second kappa shape index (κ2) is 8.61. The van der Waals surface area contributed by atoms with Crippen LogP contribution in [0.15, 0.2) is 41.8 Å². The fraction of sp³-hybridized carbons (Fsp3) is 0.333. The summed E-state index contributed by atoms with van der Waals surface area (Å²) >= 11 is 1.69. The van der Waals surface area contributed by atoms with Crippen LogP contribution in [0.2, 0.25) is 0 Å².